The number of nitrogens with zero attached hydrogens (tertiary/aromatic N) is 2. The predicted octanol–water partition coefficient (Wildman–Crippen LogP) is 3.21. The van der Waals surface area contributed by atoms with Crippen LogP contribution in [-0.4, -0.2) is 40.6 Å². The first kappa shape index (κ1) is 21.1. The van der Waals surface area contributed by atoms with Gasteiger partial charge in [-0.1, -0.05) is 30.3 Å². The van der Waals surface area contributed by atoms with Gasteiger partial charge in [-0.3, -0.25) is 9.59 Å². The van der Waals surface area contributed by atoms with Crippen LogP contribution < -0.4 is 10.6 Å². The van der Waals surface area contributed by atoms with Crippen LogP contribution in [0.3, 0.4) is 0 Å². The van der Waals surface area contributed by atoms with Gasteiger partial charge in [-0.15, -0.1) is 0 Å². The molecule has 1 unspecified atom stereocenters. The molecule has 4 rings (SSSR count). The van der Waals surface area contributed by atoms with Crippen molar-refractivity contribution in [2.24, 2.45) is 0 Å². The van der Waals surface area contributed by atoms with Gasteiger partial charge in [0.15, 0.2) is 0 Å². The van der Waals surface area contributed by atoms with E-state index in [4.69, 9.17) is 9.72 Å². The van der Waals surface area contributed by atoms with Crippen LogP contribution in [0.1, 0.15) is 30.7 Å². The first-order chi connectivity index (χ1) is 15.1. The van der Waals surface area contributed by atoms with Crippen molar-refractivity contribution in [2.45, 2.75) is 45.3 Å². The lowest BCUT2D eigenvalue weighted by atomic mass is 10.2. The number of ether oxygens (including phenoxy) is 1. The minimum atomic E-state index is -0.310. The van der Waals surface area contributed by atoms with E-state index in [9.17, 15) is 9.59 Å². The topological polar surface area (TPSA) is 85.2 Å². The fraction of sp³-hybridized carbons (Fsp3) is 0.375. The van der Waals surface area contributed by atoms with Gasteiger partial charge in [-0.05, 0) is 49.9 Å². The number of nitrogens with one attached hydrogen (secondary N) is 2. The summed E-state index contributed by atoms with van der Waals surface area (Å²) >= 11 is 0. The molecule has 0 bridgehead atoms. The van der Waals surface area contributed by atoms with Crippen LogP contribution in [0.15, 0.2) is 48.5 Å². The molecule has 7 heteroatoms. The molecule has 1 aromatic heterocycles. The molecule has 1 aliphatic heterocycles. The molecule has 2 aromatic carbocycles. The molecular weight excluding hydrogens is 392 g/mol. The van der Waals surface area contributed by atoms with Crippen molar-refractivity contribution in [1.29, 1.82) is 0 Å². The van der Waals surface area contributed by atoms with E-state index in [0.717, 1.165) is 47.4 Å². The third-order valence-corrected chi connectivity index (χ3v) is 5.55. The molecule has 2 heterocycles. The van der Waals surface area contributed by atoms with Crippen LogP contribution in [0.4, 0.5) is 5.69 Å². The second-order valence-electron chi connectivity index (χ2n) is 7.86. The number of benzene rings is 2. The number of hydrogen-bond acceptors (Lipinski definition) is 4. The summed E-state index contributed by atoms with van der Waals surface area (Å²) in [7, 11) is 0. The molecule has 31 heavy (non-hydrogen) atoms. The fourth-order valence-electron chi connectivity index (χ4n) is 3.90. The summed E-state index contributed by atoms with van der Waals surface area (Å²) < 4.78 is 7.38. The predicted molar refractivity (Wildman–Crippen MR) is 120 cm³/mol. The maximum Gasteiger partial charge on any atom is 0.249 e. The van der Waals surface area contributed by atoms with Gasteiger partial charge in [0.05, 0.1) is 11.0 Å². The van der Waals surface area contributed by atoms with Crippen molar-refractivity contribution in [1.82, 2.24) is 14.9 Å². The average molecular weight is 421 g/mol. The summed E-state index contributed by atoms with van der Waals surface area (Å²) in [6.07, 6.45) is 2.82. The summed E-state index contributed by atoms with van der Waals surface area (Å²) in [5, 5.41) is 5.94. The molecule has 2 N–H and O–H groups in total. The lowest BCUT2D eigenvalue weighted by molar-refractivity contribution is -0.130. The van der Waals surface area contributed by atoms with Crippen molar-refractivity contribution in [3.63, 3.8) is 0 Å². The Balaban J connectivity index is 1.41. The number of carbonyl (C=O) groups is 2. The number of hydrogen-bond donors (Lipinski definition) is 2. The summed E-state index contributed by atoms with van der Waals surface area (Å²) in [4.78, 5) is 29.6. The number of anilines is 1. The highest BCUT2D eigenvalue weighted by Gasteiger charge is 2.23. The molecule has 7 nitrogen and oxygen atoms in total. The van der Waals surface area contributed by atoms with E-state index in [0.29, 0.717) is 19.6 Å². The number of aromatic nitrogens is 2. The van der Waals surface area contributed by atoms with Gasteiger partial charge in [-0.2, -0.15) is 0 Å². The van der Waals surface area contributed by atoms with E-state index < -0.39 is 0 Å². The number of amides is 2. The monoisotopic (exact) mass is 420 g/mol. The van der Waals surface area contributed by atoms with Crippen LogP contribution in [0.2, 0.25) is 0 Å². The molecule has 3 aromatic rings. The molecule has 1 fully saturated rings. The summed E-state index contributed by atoms with van der Waals surface area (Å²) in [6, 6.07) is 15.6. The zero-order valence-electron chi connectivity index (χ0n) is 17.8. The van der Waals surface area contributed by atoms with E-state index >= 15 is 0 Å². The van der Waals surface area contributed by atoms with Gasteiger partial charge < -0.3 is 19.9 Å². The van der Waals surface area contributed by atoms with Crippen molar-refractivity contribution < 1.29 is 14.3 Å². The Hall–Kier alpha value is -3.19. The van der Waals surface area contributed by atoms with Crippen LogP contribution in [0, 0.1) is 6.92 Å². The summed E-state index contributed by atoms with van der Waals surface area (Å²) in [6.45, 7) is 3.37. The molecule has 0 aliphatic carbocycles. The van der Waals surface area contributed by atoms with Gasteiger partial charge in [0, 0.05) is 25.3 Å². The van der Waals surface area contributed by atoms with Gasteiger partial charge in [0.1, 0.15) is 18.5 Å². The van der Waals surface area contributed by atoms with E-state index in [1.54, 1.807) is 0 Å². The van der Waals surface area contributed by atoms with Crippen molar-refractivity contribution in [3.8, 4) is 0 Å². The smallest absolute Gasteiger partial charge is 0.249 e. The quantitative estimate of drug-likeness (QED) is 0.548. The van der Waals surface area contributed by atoms with Gasteiger partial charge in [-0.25, -0.2) is 4.98 Å². The Bertz CT molecular complexity index is 1070. The highest BCUT2D eigenvalue weighted by molar-refractivity contribution is 5.92. The standard InChI is InChI=1S/C24H28N4O3/c1-17-8-2-3-9-18(17)27-23(29)16-28-20-11-5-4-10-19(20)26-22(28)13-6-14-25-24(30)21-12-7-15-31-21/h2-5,8-11,21H,6-7,12-16H2,1H3,(H,25,30)(H,27,29). The Kier molecular flexibility index (Phi) is 6.62. The molecule has 2 amide bonds. The van der Waals surface area contributed by atoms with Gasteiger partial charge in [0.25, 0.3) is 0 Å². The highest BCUT2D eigenvalue weighted by atomic mass is 16.5. The Labute approximate surface area is 181 Å². The second kappa shape index (κ2) is 9.75. The fourth-order valence-corrected chi connectivity index (χ4v) is 3.90. The average Bonchev–Trinajstić information content (AvgIpc) is 3.42. The van der Waals surface area contributed by atoms with Crippen molar-refractivity contribution in [3.05, 3.63) is 59.9 Å². The second-order valence-corrected chi connectivity index (χ2v) is 7.86. The van der Waals surface area contributed by atoms with E-state index in [1.165, 1.54) is 0 Å². The van der Waals surface area contributed by atoms with Crippen molar-refractivity contribution >= 4 is 28.5 Å². The van der Waals surface area contributed by atoms with Gasteiger partial charge in [0.2, 0.25) is 11.8 Å². The molecule has 162 valence electrons. The normalized spacial score (nSPS) is 15.8. The van der Waals surface area contributed by atoms with Crippen LogP contribution in [0.5, 0.6) is 0 Å². The molecule has 1 aliphatic rings. The number of fused-ring (bicyclic) bond motifs is 1. The first-order valence-electron chi connectivity index (χ1n) is 10.8. The molecular formula is C24H28N4O3. The molecule has 0 saturated carbocycles. The minimum absolute atomic E-state index is 0.0383. The maximum absolute atomic E-state index is 12.8. The lowest BCUT2D eigenvalue weighted by Gasteiger charge is -2.12. The number of rotatable bonds is 8. The Morgan fingerprint density at radius 1 is 1.16 bits per heavy atom. The third-order valence-electron chi connectivity index (χ3n) is 5.55. The summed E-state index contributed by atoms with van der Waals surface area (Å²) in [5.74, 6) is 0.710. The van der Waals surface area contributed by atoms with E-state index in [-0.39, 0.29) is 24.5 Å². The zero-order valence-corrected chi connectivity index (χ0v) is 17.8. The molecule has 1 saturated heterocycles. The van der Waals surface area contributed by atoms with Crippen molar-refractivity contribution in [2.75, 3.05) is 18.5 Å². The van der Waals surface area contributed by atoms with E-state index in [2.05, 4.69) is 10.6 Å². The molecule has 0 radical (unpaired) electrons. The number of aryl methyl sites for hydroxylation is 2. The van der Waals surface area contributed by atoms with Crippen LogP contribution >= 0.6 is 0 Å². The number of imidazole rings is 1. The SMILES string of the molecule is Cc1ccccc1NC(=O)Cn1c(CCCNC(=O)C2CCCO2)nc2ccccc21. The minimum Gasteiger partial charge on any atom is -0.368 e. The van der Waals surface area contributed by atoms with Crippen LogP contribution in [-0.2, 0) is 27.3 Å². The molecule has 1 atom stereocenters. The number of para-hydroxylation sites is 3. The largest absolute Gasteiger partial charge is 0.368 e. The number of carbonyl (C=O) groups excluding carboxylic acids is 2. The highest BCUT2D eigenvalue weighted by Crippen LogP contribution is 2.19. The third kappa shape index (κ3) is 5.11. The summed E-state index contributed by atoms with van der Waals surface area (Å²) in [5.41, 5.74) is 3.63. The van der Waals surface area contributed by atoms with E-state index in [1.807, 2.05) is 60.0 Å². The Morgan fingerprint density at radius 3 is 2.77 bits per heavy atom. The zero-order chi connectivity index (χ0) is 21.6. The van der Waals surface area contributed by atoms with Crippen LogP contribution in [0.25, 0.3) is 11.0 Å². The Morgan fingerprint density at radius 2 is 1.97 bits per heavy atom. The molecule has 0 spiro atoms. The van der Waals surface area contributed by atoms with Gasteiger partial charge >= 0.3 is 0 Å². The first-order valence-corrected chi connectivity index (χ1v) is 10.8. The lowest BCUT2D eigenvalue weighted by Crippen LogP contribution is -2.34. The maximum atomic E-state index is 12.8.